The molecule has 6 N–H and O–H groups in total. The summed E-state index contributed by atoms with van der Waals surface area (Å²) in [6.07, 6.45) is -8.19. The van der Waals surface area contributed by atoms with Gasteiger partial charge in [-0.05, 0) is 6.92 Å². The van der Waals surface area contributed by atoms with Crippen molar-refractivity contribution in [1.82, 2.24) is 0 Å². The molecule has 0 aromatic carbocycles. The summed E-state index contributed by atoms with van der Waals surface area (Å²) < 4.78 is 0. The molecule has 0 aliphatic carbocycles. The maximum Gasteiger partial charge on any atom is 0.111 e. The monoisotopic (exact) mass is 195 g/mol. The van der Waals surface area contributed by atoms with Gasteiger partial charge >= 0.3 is 0 Å². The standard InChI is InChI=1S/C7H15O6/c1-3(9)5(11)7(13)6(12)4(10)2-8/h3-13H,1-2H2/t3-,4+,5-,6-,7+/m1/s1. The van der Waals surface area contributed by atoms with E-state index in [1.807, 2.05) is 0 Å². The van der Waals surface area contributed by atoms with Crippen LogP contribution in [0.3, 0.4) is 0 Å². The fraction of sp³-hybridized carbons (Fsp3) is 0.857. The lowest BCUT2D eigenvalue weighted by molar-refractivity contribution is -0.133. The van der Waals surface area contributed by atoms with Gasteiger partial charge in [0.05, 0.1) is 12.7 Å². The Morgan fingerprint density at radius 1 is 0.846 bits per heavy atom. The number of aliphatic hydroxyl groups is 6. The Bertz CT molecular complexity index is 139. The SMILES string of the molecule is [CH2][C@@H](O)[C@@H](O)[C@H](O)[C@H](O)[C@@H](O)CO. The molecule has 0 fully saturated rings. The molecule has 0 amide bonds. The predicted molar refractivity (Wildman–Crippen MR) is 42.5 cm³/mol. The van der Waals surface area contributed by atoms with E-state index >= 15 is 0 Å². The summed E-state index contributed by atoms with van der Waals surface area (Å²) in [5.74, 6) is 0. The molecule has 79 valence electrons. The van der Waals surface area contributed by atoms with Crippen molar-refractivity contribution in [3.63, 3.8) is 0 Å². The van der Waals surface area contributed by atoms with Gasteiger partial charge in [-0.15, -0.1) is 0 Å². The van der Waals surface area contributed by atoms with Crippen LogP contribution in [-0.4, -0.2) is 67.8 Å². The highest BCUT2D eigenvalue weighted by Crippen LogP contribution is 2.07. The molecular formula is C7H15O6. The molecule has 1 radical (unpaired) electrons. The number of rotatable bonds is 5. The third kappa shape index (κ3) is 3.55. The predicted octanol–water partition coefficient (Wildman–Crippen LogP) is -3.38. The van der Waals surface area contributed by atoms with Crippen molar-refractivity contribution in [3.8, 4) is 0 Å². The molecule has 0 aromatic heterocycles. The Kier molecular flexibility index (Phi) is 5.38. The summed E-state index contributed by atoms with van der Waals surface area (Å²) in [6, 6.07) is 0. The molecule has 5 atom stereocenters. The molecule has 6 heteroatoms. The van der Waals surface area contributed by atoms with Crippen LogP contribution in [0, 0.1) is 6.92 Å². The van der Waals surface area contributed by atoms with E-state index in [1.54, 1.807) is 0 Å². The summed E-state index contributed by atoms with van der Waals surface area (Å²) in [5, 5.41) is 53.1. The van der Waals surface area contributed by atoms with E-state index in [-0.39, 0.29) is 0 Å². The first kappa shape index (κ1) is 12.8. The number of hydrogen-bond acceptors (Lipinski definition) is 6. The van der Waals surface area contributed by atoms with E-state index in [1.165, 1.54) is 0 Å². The number of aliphatic hydroxyl groups excluding tert-OH is 6. The molecular weight excluding hydrogens is 180 g/mol. The van der Waals surface area contributed by atoms with Gasteiger partial charge in [0.2, 0.25) is 0 Å². The summed E-state index contributed by atoms with van der Waals surface area (Å²) in [4.78, 5) is 0. The Labute approximate surface area is 75.7 Å². The lowest BCUT2D eigenvalue weighted by Crippen LogP contribution is -2.49. The van der Waals surface area contributed by atoms with Gasteiger partial charge in [-0.1, -0.05) is 0 Å². The Morgan fingerprint density at radius 2 is 1.31 bits per heavy atom. The molecule has 13 heavy (non-hydrogen) atoms. The van der Waals surface area contributed by atoms with E-state index < -0.39 is 37.1 Å². The maximum absolute atomic E-state index is 9.09. The molecule has 0 aliphatic heterocycles. The average Bonchev–Trinajstić information content (AvgIpc) is 2.12. The van der Waals surface area contributed by atoms with Crippen LogP contribution in [0.1, 0.15) is 0 Å². The smallest absolute Gasteiger partial charge is 0.111 e. The van der Waals surface area contributed by atoms with Gasteiger partial charge in [-0.3, -0.25) is 0 Å². The molecule has 0 saturated heterocycles. The third-order valence-corrected chi connectivity index (χ3v) is 1.68. The van der Waals surface area contributed by atoms with Crippen molar-refractivity contribution in [3.05, 3.63) is 6.92 Å². The van der Waals surface area contributed by atoms with Crippen molar-refractivity contribution in [2.45, 2.75) is 30.5 Å². The maximum atomic E-state index is 9.09. The highest BCUT2D eigenvalue weighted by atomic mass is 16.4. The molecule has 0 spiro atoms. The second kappa shape index (κ2) is 5.48. The Morgan fingerprint density at radius 3 is 1.62 bits per heavy atom. The van der Waals surface area contributed by atoms with E-state index in [0.717, 1.165) is 0 Å². The molecule has 0 saturated carbocycles. The van der Waals surface area contributed by atoms with Crippen molar-refractivity contribution < 1.29 is 30.6 Å². The van der Waals surface area contributed by atoms with Crippen LogP contribution < -0.4 is 0 Å². The second-order valence-corrected chi connectivity index (χ2v) is 2.79. The highest BCUT2D eigenvalue weighted by Gasteiger charge is 2.32. The van der Waals surface area contributed by atoms with Crippen molar-refractivity contribution in [2.24, 2.45) is 0 Å². The zero-order valence-corrected chi connectivity index (χ0v) is 6.98. The van der Waals surface area contributed by atoms with Gasteiger partial charge in [0.25, 0.3) is 0 Å². The summed E-state index contributed by atoms with van der Waals surface area (Å²) >= 11 is 0. The van der Waals surface area contributed by atoms with Crippen molar-refractivity contribution in [1.29, 1.82) is 0 Å². The van der Waals surface area contributed by atoms with Crippen LogP contribution in [0.25, 0.3) is 0 Å². The molecule has 0 unspecified atom stereocenters. The fourth-order valence-corrected chi connectivity index (χ4v) is 0.765. The first-order valence-electron chi connectivity index (χ1n) is 3.76. The number of hydrogen-bond donors (Lipinski definition) is 6. The van der Waals surface area contributed by atoms with Crippen LogP contribution in [0.2, 0.25) is 0 Å². The normalized spacial score (nSPS) is 23.3. The minimum atomic E-state index is -1.75. The van der Waals surface area contributed by atoms with Crippen LogP contribution >= 0.6 is 0 Å². The van der Waals surface area contributed by atoms with Crippen molar-refractivity contribution in [2.75, 3.05) is 6.61 Å². The Hall–Kier alpha value is -0.240. The first-order chi connectivity index (χ1) is 5.91. The van der Waals surface area contributed by atoms with E-state index in [4.69, 9.17) is 30.6 Å². The summed E-state index contributed by atoms with van der Waals surface area (Å²) in [7, 11) is 0. The lowest BCUT2D eigenvalue weighted by atomic mass is 10.0. The molecule has 0 aliphatic rings. The minimum absolute atomic E-state index is 0.752. The van der Waals surface area contributed by atoms with Crippen molar-refractivity contribution >= 4 is 0 Å². The fourth-order valence-electron chi connectivity index (χ4n) is 0.765. The minimum Gasteiger partial charge on any atom is -0.394 e. The lowest BCUT2D eigenvalue weighted by Gasteiger charge is -2.26. The summed E-state index contributed by atoms with van der Waals surface area (Å²) in [5.41, 5.74) is 0. The molecule has 0 bridgehead atoms. The topological polar surface area (TPSA) is 121 Å². The van der Waals surface area contributed by atoms with E-state index in [0.29, 0.717) is 0 Å². The van der Waals surface area contributed by atoms with Gasteiger partial charge in [0.1, 0.15) is 24.4 Å². The highest BCUT2D eigenvalue weighted by molar-refractivity contribution is 4.85. The summed E-state index contributed by atoms with van der Waals surface area (Å²) in [6.45, 7) is 2.27. The van der Waals surface area contributed by atoms with Crippen LogP contribution in [-0.2, 0) is 0 Å². The first-order valence-corrected chi connectivity index (χ1v) is 3.76. The zero-order valence-electron chi connectivity index (χ0n) is 6.98. The van der Waals surface area contributed by atoms with Crippen LogP contribution in [0.15, 0.2) is 0 Å². The van der Waals surface area contributed by atoms with Gasteiger partial charge in [-0.25, -0.2) is 0 Å². The second-order valence-electron chi connectivity index (χ2n) is 2.79. The van der Waals surface area contributed by atoms with Crippen LogP contribution in [0.4, 0.5) is 0 Å². The van der Waals surface area contributed by atoms with Gasteiger partial charge < -0.3 is 30.6 Å². The van der Waals surface area contributed by atoms with Gasteiger partial charge in [0.15, 0.2) is 0 Å². The molecule has 0 rings (SSSR count). The molecule has 6 nitrogen and oxygen atoms in total. The van der Waals surface area contributed by atoms with E-state index in [9.17, 15) is 0 Å². The van der Waals surface area contributed by atoms with Gasteiger partial charge in [0, 0.05) is 0 Å². The average molecular weight is 195 g/mol. The van der Waals surface area contributed by atoms with Gasteiger partial charge in [-0.2, -0.15) is 0 Å². The molecule has 0 heterocycles. The Balaban J connectivity index is 4.15. The quantitative estimate of drug-likeness (QED) is 0.272. The third-order valence-electron chi connectivity index (χ3n) is 1.68. The molecule has 0 aromatic rings. The largest absolute Gasteiger partial charge is 0.394 e. The zero-order chi connectivity index (χ0) is 10.6. The van der Waals surface area contributed by atoms with E-state index in [2.05, 4.69) is 6.92 Å². The van der Waals surface area contributed by atoms with Crippen LogP contribution in [0.5, 0.6) is 0 Å².